The van der Waals surface area contributed by atoms with Gasteiger partial charge in [-0.15, -0.1) is 0 Å². The summed E-state index contributed by atoms with van der Waals surface area (Å²) in [5.41, 5.74) is 1.37. The van der Waals surface area contributed by atoms with Gasteiger partial charge < -0.3 is 10.6 Å². The van der Waals surface area contributed by atoms with Crippen LogP contribution in [0.15, 0.2) is 42.9 Å². The molecule has 0 atom stereocenters. The lowest BCUT2D eigenvalue weighted by atomic mass is 10.1. The molecule has 3 aromatic rings. The minimum absolute atomic E-state index is 0.286. The normalized spacial score (nSPS) is 10.3. The smallest absolute Gasteiger partial charge is 0.158 e. The Labute approximate surface area is 134 Å². The van der Waals surface area contributed by atoms with Crippen molar-refractivity contribution in [3.8, 4) is 6.07 Å². The van der Waals surface area contributed by atoms with Crippen LogP contribution in [-0.2, 0) is 0 Å². The predicted molar refractivity (Wildman–Crippen MR) is 90.6 cm³/mol. The number of aromatic nitrogens is 3. The third-order valence-corrected chi connectivity index (χ3v) is 3.35. The highest BCUT2D eigenvalue weighted by Crippen LogP contribution is 2.25. The Morgan fingerprint density at radius 3 is 2.70 bits per heavy atom. The highest BCUT2D eigenvalue weighted by Gasteiger charge is 2.04. The molecule has 0 saturated carbocycles. The van der Waals surface area contributed by atoms with E-state index < -0.39 is 0 Å². The van der Waals surface area contributed by atoms with Gasteiger partial charge in [0.15, 0.2) is 5.69 Å². The topological polar surface area (TPSA) is 86.5 Å². The number of rotatable bonds is 5. The third kappa shape index (κ3) is 3.35. The zero-order valence-electron chi connectivity index (χ0n) is 12.7. The van der Waals surface area contributed by atoms with E-state index in [1.165, 1.54) is 12.4 Å². The Balaban J connectivity index is 1.86. The zero-order valence-corrected chi connectivity index (χ0v) is 12.7. The number of anilines is 3. The zero-order chi connectivity index (χ0) is 16.1. The first kappa shape index (κ1) is 14.7. The summed E-state index contributed by atoms with van der Waals surface area (Å²) in [5.74, 6) is 1.24. The molecule has 0 unspecified atom stereocenters. The van der Waals surface area contributed by atoms with Crippen molar-refractivity contribution >= 4 is 28.1 Å². The molecule has 6 heteroatoms. The molecular formula is C17H16N6. The Hall–Kier alpha value is -3.20. The first-order valence-corrected chi connectivity index (χ1v) is 7.42. The fourth-order valence-corrected chi connectivity index (χ4v) is 2.24. The fourth-order valence-electron chi connectivity index (χ4n) is 2.24. The van der Waals surface area contributed by atoms with Gasteiger partial charge in [-0.25, -0.2) is 15.0 Å². The van der Waals surface area contributed by atoms with E-state index in [4.69, 9.17) is 5.26 Å². The van der Waals surface area contributed by atoms with Crippen molar-refractivity contribution < 1.29 is 0 Å². The van der Waals surface area contributed by atoms with E-state index in [2.05, 4.69) is 38.6 Å². The lowest BCUT2D eigenvalue weighted by molar-refractivity contribution is 0.981. The van der Waals surface area contributed by atoms with Crippen LogP contribution < -0.4 is 10.6 Å². The van der Waals surface area contributed by atoms with Gasteiger partial charge in [-0.05, 0) is 23.9 Å². The molecular weight excluding hydrogens is 288 g/mol. The molecule has 114 valence electrons. The van der Waals surface area contributed by atoms with Gasteiger partial charge in [0.25, 0.3) is 0 Å². The van der Waals surface area contributed by atoms with Crippen LogP contribution in [-0.4, -0.2) is 21.5 Å². The van der Waals surface area contributed by atoms with Crippen molar-refractivity contribution in [3.05, 3.63) is 48.5 Å². The second-order valence-electron chi connectivity index (χ2n) is 5.05. The number of hydrogen-bond donors (Lipinski definition) is 2. The Morgan fingerprint density at radius 1 is 1.09 bits per heavy atom. The molecule has 0 bridgehead atoms. The Morgan fingerprint density at radius 2 is 1.96 bits per heavy atom. The molecule has 2 heterocycles. The molecule has 2 aromatic heterocycles. The Kier molecular flexibility index (Phi) is 4.29. The molecule has 0 saturated heterocycles. The van der Waals surface area contributed by atoms with E-state index in [1.54, 1.807) is 0 Å². The highest BCUT2D eigenvalue weighted by atomic mass is 15.1. The fraction of sp³-hybridized carbons (Fsp3) is 0.176. The van der Waals surface area contributed by atoms with E-state index in [0.29, 0.717) is 11.6 Å². The number of nitrogens with one attached hydrogen (secondary N) is 2. The quantitative estimate of drug-likeness (QED) is 0.750. The lowest BCUT2D eigenvalue weighted by Crippen LogP contribution is -2.01. The van der Waals surface area contributed by atoms with E-state index in [0.717, 1.165) is 29.4 Å². The van der Waals surface area contributed by atoms with Gasteiger partial charge in [-0.1, -0.05) is 19.1 Å². The van der Waals surface area contributed by atoms with Crippen LogP contribution >= 0.6 is 0 Å². The number of nitriles is 1. The molecule has 0 aliphatic heterocycles. The molecule has 0 aliphatic carbocycles. The minimum atomic E-state index is 0.286. The number of fused-ring (bicyclic) bond motifs is 1. The van der Waals surface area contributed by atoms with Gasteiger partial charge in [0, 0.05) is 23.8 Å². The van der Waals surface area contributed by atoms with Crippen LogP contribution in [0.3, 0.4) is 0 Å². The van der Waals surface area contributed by atoms with E-state index in [-0.39, 0.29) is 5.69 Å². The molecule has 0 fully saturated rings. The number of benzene rings is 1. The summed E-state index contributed by atoms with van der Waals surface area (Å²) >= 11 is 0. The van der Waals surface area contributed by atoms with Crippen molar-refractivity contribution in [3.63, 3.8) is 0 Å². The number of hydrogen-bond acceptors (Lipinski definition) is 6. The van der Waals surface area contributed by atoms with Crippen LogP contribution in [0.2, 0.25) is 0 Å². The van der Waals surface area contributed by atoms with Crippen LogP contribution in [0.4, 0.5) is 17.3 Å². The molecule has 6 nitrogen and oxygen atoms in total. The SMILES string of the molecule is CCCNc1cccc2cc(Nc3cnc(C#N)cn3)ncc12. The summed E-state index contributed by atoms with van der Waals surface area (Å²) in [5, 5.41) is 17.4. The maximum absolute atomic E-state index is 8.73. The highest BCUT2D eigenvalue weighted by molar-refractivity contribution is 5.94. The van der Waals surface area contributed by atoms with Crippen LogP contribution in [0.1, 0.15) is 19.0 Å². The third-order valence-electron chi connectivity index (χ3n) is 3.35. The van der Waals surface area contributed by atoms with Crippen molar-refractivity contribution in [2.24, 2.45) is 0 Å². The molecule has 2 N–H and O–H groups in total. The summed E-state index contributed by atoms with van der Waals surface area (Å²) in [6.07, 6.45) is 5.85. The van der Waals surface area contributed by atoms with Gasteiger partial charge in [0.1, 0.15) is 17.7 Å². The predicted octanol–water partition coefficient (Wildman–Crippen LogP) is 3.46. The Bertz CT molecular complexity index is 851. The maximum Gasteiger partial charge on any atom is 0.158 e. The molecule has 0 aliphatic rings. The van der Waals surface area contributed by atoms with E-state index in [9.17, 15) is 0 Å². The van der Waals surface area contributed by atoms with Crippen molar-refractivity contribution in [1.29, 1.82) is 5.26 Å². The van der Waals surface area contributed by atoms with Crippen molar-refractivity contribution in [2.75, 3.05) is 17.2 Å². The van der Waals surface area contributed by atoms with Crippen molar-refractivity contribution in [1.82, 2.24) is 15.0 Å². The second kappa shape index (κ2) is 6.71. The van der Waals surface area contributed by atoms with E-state index >= 15 is 0 Å². The number of nitrogens with zero attached hydrogens (tertiary/aromatic N) is 4. The molecule has 3 rings (SSSR count). The van der Waals surface area contributed by atoms with Gasteiger partial charge in [-0.3, -0.25) is 0 Å². The molecule has 0 radical (unpaired) electrons. The first-order valence-electron chi connectivity index (χ1n) is 7.42. The summed E-state index contributed by atoms with van der Waals surface area (Å²) in [7, 11) is 0. The number of pyridine rings is 1. The largest absolute Gasteiger partial charge is 0.385 e. The summed E-state index contributed by atoms with van der Waals surface area (Å²) in [6.45, 7) is 3.07. The van der Waals surface area contributed by atoms with Crippen LogP contribution in [0.5, 0.6) is 0 Å². The lowest BCUT2D eigenvalue weighted by Gasteiger charge is -2.10. The van der Waals surface area contributed by atoms with Crippen molar-refractivity contribution in [2.45, 2.75) is 13.3 Å². The van der Waals surface area contributed by atoms with Gasteiger partial charge in [0.05, 0.1) is 12.4 Å². The second-order valence-corrected chi connectivity index (χ2v) is 5.05. The summed E-state index contributed by atoms with van der Waals surface area (Å²) < 4.78 is 0. The first-order chi connectivity index (χ1) is 11.3. The summed E-state index contributed by atoms with van der Waals surface area (Å²) in [6, 6.07) is 10.0. The standard InChI is InChI=1S/C17H16N6/c1-2-6-19-15-5-3-4-12-7-16(22-10-14(12)15)23-17-11-20-13(8-18)9-21-17/h3-5,7,9-11,19H,2,6H2,1H3,(H,21,22,23). The molecule has 1 aromatic carbocycles. The van der Waals surface area contributed by atoms with E-state index in [1.807, 2.05) is 30.5 Å². The summed E-state index contributed by atoms with van der Waals surface area (Å²) in [4.78, 5) is 12.5. The molecule has 23 heavy (non-hydrogen) atoms. The molecule has 0 spiro atoms. The average molecular weight is 304 g/mol. The average Bonchev–Trinajstić information content (AvgIpc) is 2.60. The van der Waals surface area contributed by atoms with Crippen LogP contribution in [0, 0.1) is 11.3 Å². The van der Waals surface area contributed by atoms with Gasteiger partial charge in [0.2, 0.25) is 0 Å². The van der Waals surface area contributed by atoms with Gasteiger partial charge >= 0.3 is 0 Å². The molecule has 0 amide bonds. The maximum atomic E-state index is 8.73. The minimum Gasteiger partial charge on any atom is -0.385 e. The van der Waals surface area contributed by atoms with Crippen LogP contribution in [0.25, 0.3) is 10.8 Å². The monoisotopic (exact) mass is 304 g/mol. The van der Waals surface area contributed by atoms with Gasteiger partial charge in [-0.2, -0.15) is 5.26 Å².